The Hall–Kier alpha value is -3.03. The summed E-state index contributed by atoms with van der Waals surface area (Å²) in [6.45, 7) is 4.84. The molecule has 160 valence electrons. The van der Waals surface area contributed by atoms with Gasteiger partial charge in [-0.1, -0.05) is 0 Å². The summed E-state index contributed by atoms with van der Waals surface area (Å²) in [5, 5.41) is 8.89. The van der Waals surface area contributed by atoms with Crippen LogP contribution in [0.15, 0.2) is 30.3 Å². The molecule has 1 amide bonds. The van der Waals surface area contributed by atoms with E-state index in [0.29, 0.717) is 30.2 Å². The van der Waals surface area contributed by atoms with Crippen LogP contribution in [0.25, 0.3) is 0 Å². The summed E-state index contributed by atoms with van der Waals surface area (Å²) in [5.74, 6) is 3.03. The Kier molecular flexibility index (Phi) is 6.21. The van der Waals surface area contributed by atoms with Crippen molar-refractivity contribution in [2.24, 2.45) is 0 Å². The fourth-order valence-corrected chi connectivity index (χ4v) is 4.03. The molecule has 0 unspecified atom stereocenters. The van der Waals surface area contributed by atoms with E-state index in [0.717, 1.165) is 37.8 Å². The normalized spacial score (nSPS) is 17.1. The van der Waals surface area contributed by atoms with Crippen molar-refractivity contribution in [2.75, 3.05) is 63.3 Å². The molecule has 0 bridgehead atoms. The van der Waals surface area contributed by atoms with Crippen molar-refractivity contribution in [2.45, 2.75) is 19.3 Å². The number of piperidine rings is 1. The van der Waals surface area contributed by atoms with Crippen LogP contribution in [0.2, 0.25) is 0 Å². The molecule has 2 aliphatic rings. The third kappa shape index (κ3) is 4.42. The molecule has 2 aromatic rings. The lowest BCUT2D eigenvalue weighted by Gasteiger charge is -2.35. The van der Waals surface area contributed by atoms with E-state index in [1.54, 1.807) is 32.4 Å². The molecule has 30 heavy (non-hydrogen) atoms. The highest BCUT2D eigenvalue weighted by Gasteiger charge is 2.24. The summed E-state index contributed by atoms with van der Waals surface area (Å²) in [7, 11) is 3.17. The van der Waals surface area contributed by atoms with E-state index in [2.05, 4.69) is 26.1 Å². The second-order valence-corrected chi connectivity index (χ2v) is 7.68. The highest BCUT2D eigenvalue weighted by Crippen LogP contribution is 2.24. The molecule has 1 aromatic carbocycles. The highest BCUT2D eigenvalue weighted by molar-refractivity contribution is 5.95. The van der Waals surface area contributed by atoms with Gasteiger partial charge in [-0.05, 0) is 43.5 Å². The van der Waals surface area contributed by atoms with Crippen LogP contribution in [0.3, 0.4) is 0 Å². The molecule has 0 radical (unpaired) electrons. The van der Waals surface area contributed by atoms with Crippen molar-refractivity contribution < 1.29 is 14.3 Å². The van der Waals surface area contributed by atoms with Gasteiger partial charge in [0.1, 0.15) is 11.5 Å². The van der Waals surface area contributed by atoms with Crippen molar-refractivity contribution in [1.82, 2.24) is 15.1 Å². The summed E-state index contributed by atoms with van der Waals surface area (Å²) in [6, 6.07) is 9.38. The number of carbonyl (C=O) groups is 1. The lowest BCUT2D eigenvalue weighted by atomic mass is 10.1. The monoisotopic (exact) mass is 411 g/mol. The van der Waals surface area contributed by atoms with Crippen LogP contribution in [0, 0.1) is 0 Å². The van der Waals surface area contributed by atoms with E-state index < -0.39 is 0 Å². The molecule has 0 spiro atoms. The van der Waals surface area contributed by atoms with Gasteiger partial charge in [-0.15, -0.1) is 10.2 Å². The number of methoxy groups -OCH3 is 2. The third-order valence-electron chi connectivity index (χ3n) is 5.81. The number of benzene rings is 1. The lowest BCUT2D eigenvalue weighted by Crippen LogP contribution is -2.49. The maximum Gasteiger partial charge on any atom is 0.254 e. The third-order valence-corrected chi connectivity index (χ3v) is 5.81. The topological polar surface area (TPSA) is 71.0 Å². The van der Waals surface area contributed by atoms with Gasteiger partial charge in [0.2, 0.25) is 0 Å². The van der Waals surface area contributed by atoms with Crippen molar-refractivity contribution in [1.29, 1.82) is 0 Å². The molecule has 0 N–H and O–H groups in total. The maximum absolute atomic E-state index is 13.0. The quantitative estimate of drug-likeness (QED) is 0.748. The average molecular weight is 412 g/mol. The molecule has 1 aromatic heterocycles. The molecule has 0 aliphatic carbocycles. The van der Waals surface area contributed by atoms with E-state index >= 15 is 0 Å². The van der Waals surface area contributed by atoms with Crippen molar-refractivity contribution in [3.05, 3.63) is 35.9 Å². The van der Waals surface area contributed by atoms with Crippen LogP contribution in [0.4, 0.5) is 11.6 Å². The van der Waals surface area contributed by atoms with Crippen molar-refractivity contribution >= 4 is 17.5 Å². The number of ether oxygens (including phenoxy) is 2. The zero-order valence-corrected chi connectivity index (χ0v) is 17.7. The van der Waals surface area contributed by atoms with Gasteiger partial charge in [0.15, 0.2) is 11.6 Å². The number of nitrogens with zero attached hydrogens (tertiary/aromatic N) is 5. The zero-order valence-electron chi connectivity index (χ0n) is 17.7. The first-order chi connectivity index (χ1) is 14.7. The Morgan fingerprint density at radius 2 is 1.30 bits per heavy atom. The smallest absolute Gasteiger partial charge is 0.254 e. The Bertz CT molecular complexity index is 837. The minimum absolute atomic E-state index is 0.0154. The maximum atomic E-state index is 13.0. The number of piperazine rings is 1. The van der Waals surface area contributed by atoms with Crippen LogP contribution in [0.1, 0.15) is 29.6 Å². The molecule has 2 fully saturated rings. The van der Waals surface area contributed by atoms with Crippen LogP contribution in [-0.2, 0) is 0 Å². The first-order valence-electron chi connectivity index (χ1n) is 10.5. The SMILES string of the molecule is COc1cc(OC)cc(C(=O)N2CCN(c3ccc(N4CCCCC4)nn3)CC2)c1. The summed E-state index contributed by atoms with van der Waals surface area (Å²) in [4.78, 5) is 19.3. The molecule has 2 aliphatic heterocycles. The van der Waals surface area contributed by atoms with Crippen LogP contribution < -0.4 is 19.3 Å². The number of carbonyl (C=O) groups excluding carboxylic acids is 1. The summed E-state index contributed by atoms with van der Waals surface area (Å²) < 4.78 is 10.6. The Labute approximate surface area is 177 Å². The van der Waals surface area contributed by atoms with Gasteiger partial charge in [0.05, 0.1) is 14.2 Å². The summed E-state index contributed by atoms with van der Waals surface area (Å²) in [6.07, 6.45) is 3.74. The Balaban J connectivity index is 1.37. The van der Waals surface area contributed by atoms with E-state index in [-0.39, 0.29) is 5.91 Å². The summed E-state index contributed by atoms with van der Waals surface area (Å²) in [5.41, 5.74) is 0.574. The van der Waals surface area contributed by atoms with E-state index in [1.807, 2.05) is 11.0 Å². The fraction of sp³-hybridized carbons (Fsp3) is 0.500. The van der Waals surface area contributed by atoms with Gasteiger partial charge in [-0.2, -0.15) is 0 Å². The second-order valence-electron chi connectivity index (χ2n) is 7.68. The molecule has 8 heteroatoms. The van der Waals surface area contributed by atoms with E-state index in [4.69, 9.17) is 9.47 Å². The lowest BCUT2D eigenvalue weighted by molar-refractivity contribution is 0.0745. The van der Waals surface area contributed by atoms with Gasteiger partial charge in [0.25, 0.3) is 5.91 Å². The van der Waals surface area contributed by atoms with Crippen LogP contribution in [0.5, 0.6) is 11.5 Å². The molecule has 4 rings (SSSR count). The van der Waals surface area contributed by atoms with Gasteiger partial charge >= 0.3 is 0 Å². The minimum Gasteiger partial charge on any atom is -0.497 e. The first-order valence-corrected chi connectivity index (χ1v) is 10.5. The van der Waals surface area contributed by atoms with Gasteiger partial charge in [0, 0.05) is 50.9 Å². The second kappa shape index (κ2) is 9.19. The number of amides is 1. The highest BCUT2D eigenvalue weighted by atomic mass is 16.5. The number of anilines is 2. The first kappa shape index (κ1) is 20.3. The number of aromatic nitrogens is 2. The minimum atomic E-state index is -0.0154. The predicted octanol–water partition coefficient (Wildman–Crippen LogP) is 2.45. The summed E-state index contributed by atoms with van der Waals surface area (Å²) >= 11 is 0. The van der Waals surface area contributed by atoms with Crippen molar-refractivity contribution in [3.63, 3.8) is 0 Å². The van der Waals surface area contributed by atoms with Crippen LogP contribution in [-0.4, -0.2) is 74.5 Å². The van der Waals surface area contributed by atoms with Crippen molar-refractivity contribution in [3.8, 4) is 11.5 Å². The van der Waals surface area contributed by atoms with E-state index in [1.165, 1.54) is 19.3 Å². The Morgan fingerprint density at radius 3 is 1.80 bits per heavy atom. The number of hydrogen-bond donors (Lipinski definition) is 0. The largest absolute Gasteiger partial charge is 0.497 e. The van der Waals surface area contributed by atoms with E-state index in [9.17, 15) is 4.79 Å². The molecular formula is C22H29N5O3. The van der Waals surface area contributed by atoms with Gasteiger partial charge < -0.3 is 24.2 Å². The Morgan fingerprint density at radius 1 is 0.767 bits per heavy atom. The fourth-order valence-electron chi connectivity index (χ4n) is 4.03. The predicted molar refractivity (Wildman–Crippen MR) is 116 cm³/mol. The molecule has 0 saturated carbocycles. The number of hydrogen-bond acceptors (Lipinski definition) is 7. The van der Waals surface area contributed by atoms with Gasteiger partial charge in [-0.25, -0.2) is 0 Å². The molecule has 8 nitrogen and oxygen atoms in total. The van der Waals surface area contributed by atoms with Crippen LogP contribution >= 0.6 is 0 Å². The average Bonchev–Trinajstić information content (AvgIpc) is 2.84. The zero-order chi connectivity index (χ0) is 20.9. The number of rotatable bonds is 5. The molecular weight excluding hydrogens is 382 g/mol. The molecule has 0 atom stereocenters. The molecule has 3 heterocycles. The van der Waals surface area contributed by atoms with Gasteiger partial charge in [-0.3, -0.25) is 4.79 Å². The standard InChI is InChI=1S/C22H29N5O3/c1-29-18-14-17(15-19(16-18)30-2)22(28)27-12-10-26(11-13-27)21-7-6-20(23-24-21)25-8-4-3-5-9-25/h6-7,14-16H,3-5,8-13H2,1-2H3. The molecule has 2 saturated heterocycles.